The average Bonchev–Trinajstić information content (AvgIpc) is 3.07. The zero-order chi connectivity index (χ0) is 13.4. The Balaban J connectivity index is 1.88. The van der Waals surface area contributed by atoms with Crippen LogP contribution in [0.15, 0.2) is 27.3 Å². The molecule has 0 aliphatic carbocycles. The van der Waals surface area contributed by atoms with Crippen LogP contribution in [0.25, 0.3) is 0 Å². The van der Waals surface area contributed by atoms with Gasteiger partial charge in [-0.25, -0.2) is 0 Å². The topological polar surface area (TPSA) is 59.5 Å². The molecule has 0 bridgehead atoms. The summed E-state index contributed by atoms with van der Waals surface area (Å²) in [6, 6.07) is 3.64. The molecule has 2 aromatic heterocycles. The van der Waals surface area contributed by atoms with E-state index in [1.807, 2.05) is 17.9 Å². The minimum atomic E-state index is 0.00871. The van der Waals surface area contributed by atoms with Crippen molar-refractivity contribution in [2.24, 2.45) is 0 Å². The Morgan fingerprint density at radius 1 is 1.47 bits per heavy atom. The number of amides is 1. The summed E-state index contributed by atoms with van der Waals surface area (Å²) in [6.45, 7) is 4.41. The molecule has 3 heterocycles. The molecular weight excluding hydrogens is 244 g/mol. The lowest BCUT2D eigenvalue weighted by molar-refractivity contribution is 0.0729. The van der Waals surface area contributed by atoms with Crippen LogP contribution in [-0.4, -0.2) is 22.5 Å². The molecule has 1 saturated heterocycles. The van der Waals surface area contributed by atoms with Gasteiger partial charge < -0.3 is 13.8 Å². The van der Waals surface area contributed by atoms with Crippen LogP contribution in [-0.2, 0) is 0 Å². The predicted molar refractivity (Wildman–Crippen MR) is 67.7 cm³/mol. The molecular formula is C14H16N2O3. The SMILES string of the molecule is Cc1cc(C2CCCN2C(=O)c2ccoc2C)no1. The molecule has 19 heavy (non-hydrogen) atoms. The van der Waals surface area contributed by atoms with Gasteiger partial charge in [-0.3, -0.25) is 4.79 Å². The molecule has 1 unspecified atom stereocenters. The van der Waals surface area contributed by atoms with E-state index in [1.165, 1.54) is 0 Å². The highest BCUT2D eigenvalue weighted by Crippen LogP contribution is 2.33. The lowest BCUT2D eigenvalue weighted by atomic mass is 10.1. The Kier molecular flexibility index (Phi) is 2.89. The van der Waals surface area contributed by atoms with Crippen molar-refractivity contribution in [3.8, 4) is 0 Å². The molecule has 1 aliphatic heterocycles. The van der Waals surface area contributed by atoms with Gasteiger partial charge in [-0.2, -0.15) is 0 Å². The third-order valence-electron chi connectivity index (χ3n) is 3.59. The van der Waals surface area contributed by atoms with Crippen LogP contribution in [0.5, 0.6) is 0 Å². The Morgan fingerprint density at radius 2 is 2.32 bits per heavy atom. The first-order chi connectivity index (χ1) is 9.16. The zero-order valence-corrected chi connectivity index (χ0v) is 11.0. The number of likely N-dealkylation sites (tertiary alicyclic amines) is 1. The van der Waals surface area contributed by atoms with E-state index in [4.69, 9.17) is 8.94 Å². The number of hydrogen-bond acceptors (Lipinski definition) is 4. The normalized spacial score (nSPS) is 19.1. The predicted octanol–water partition coefficient (Wildman–Crippen LogP) is 2.86. The minimum absolute atomic E-state index is 0.00871. The van der Waals surface area contributed by atoms with Crippen LogP contribution in [0, 0.1) is 13.8 Å². The monoisotopic (exact) mass is 260 g/mol. The first-order valence-electron chi connectivity index (χ1n) is 6.45. The second-order valence-corrected chi connectivity index (χ2v) is 4.91. The Labute approximate surface area is 111 Å². The van der Waals surface area contributed by atoms with Gasteiger partial charge in [-0.1, -0.05) is 5.16 Å². The highest BCUT2D eigenvalue weighted by atomic mass is 16.5. The van der Waals surface area contributed by atoms with Crippen molar-refractivity contribution in [1.82, 2.24) is 10.1 Å². The van der Waals surface area contributed by atoms with E-state index in [2.05, 4.69) is 5.16 Å². The fourth-order valence-electron chi connectivity index (χ4n) is 2.62. The van der Waals surface area contributed by atoms with Crippen LogP contribution >= 0.6 is 0 Å². The van der Waals surface area contributed by atoms with E-state index in [-0.39, 0.29) is 11.9 Å². The Bertz CT molecular complexity index is 599. The summed E-state index contributed by atoms with van der Waals surface area (Å²) in [5.74, 6) is 1.44. The van der Waals surface area contributed by atoms with Crippen molar-refractivity contribution in [2.75, 3.05) is 6.54 Å². The van der Waals surface area contributed by atoms with Crippen molar-refractivity contribution >= 4 is 5.91 Å². The molecule has 0 radical (unpaired) electrons. The molecule has 5 heteroatoms. The quantitative estimate of drug-likeness (QED) is 0.833. The van der Waals surface area contributed by atoms with Gasteiger partial charge in [0.05, 0.1) is 17.9 Å². The number of hydrogen-bond donors (Lipinski definition) is 0. The Hall–Kier alpha value is -2.04. The number of furan rings is 1. The van der Waals surface area contributed by atoms with E-state index in [0.29, 0.717) is 11.3 Å². The maximum absolute atomic E-state index is 12.5. The van der Waals surface area contributed by atoms with Crippen molar-refractivity contribution < 1.29 is 13.7 Å². The summed E-state index contributed by atoms with van der Waals surface area (Å²) >= 11 is 0. The third kappa shape index (κ3) is 2.05. The van der Waals surface area contributed by atoms with Gasteiger partial charge in [0.15, 0.2) is 0 Å². The fraction of sp³-hybridized carbons (Fsp3) is 0.429. The maximum atomic E-state index is 12.5. The molecule has 3 rings (SSSR count). The van der Waals surface area contributed by atoms with E-state index >= 15 is 0 Å². The first kappa shape index (κ1) is 12.0. The van der Waals surface area contributed by atoms with Gasteiger partial charge in [0.2, 0.25) is 0 Å². The molecule has 5 nitrogen and oxygen atoms in total. The number of aryl methyl sites for hydroxylation is 2. The van der Waals surface area contributed by atoms with Gasteiger partial charge >= 0.3 is 0 Å². The van der Waals surface area contributed by atoms with E-state index in [1.54, 1.807) is 19.3 Å². The first-order valence-corrected chi connectivity index (χ1v) is 6.45. The van der Waals surface area contributed by atoms with Crippen molar-refractivity contribution in [3.63, 3.8) is 0 Å². The summed E-state index contributed by atoms with van der Waals surface area (Å²) in [5.41, 5.74) is 1.47. The molecule has 0 spiro atoms. The van der Waals surface area contributed by atoms with Gasteiger partial charge in [0.1, 0.15) is 17.2 Å². The molecule has 1 atom stereocenters. The molecule has 1 fully saturated rings. The number of carbonyl (C=O) groups excluding carboxylic acids is 1. The standard InChI is InChI=1S/C14H16N2O3/c1-9-8-12(15-19-9)13-4-3-6-16(13)14(17)11-5-7-18-10(11)2/h5,7-8,13H,3-4,6H2,1-2H3. The summed E-state index contributed by atoms with van der Waals surface area (Å²) in [4.78, 5) is 14.4. The number of aromatic nitrogens is 1. The van der Waals surface area contributed by atoms with Crippen molar-refractivity contribution in [3.05, 3.63) is 41.2 Å². The van der Waals surface area contributed by atoms with Gasteiger partial charge in [-0.15, -0.1) is 0 Å². The van der Waals surface area contributed by atoms with Crippen LogP contribution in [0.4, 0.5) is 0 Å². The molecule has 2 aromatic rings. The number of rotatable bonds is 2. The molecule has 100 valence electrons. The largest absolute Gasteiger partial charge is 0.469 e. The van der Waals surface area contributed by atoms with E-state index in [9.17, 15) is 4.79 Å². The van der Waals surface area contributed by atoms with Crippen molar-refractivity contribution in [2.45, 2.75) is 32.7 Å². The lowest BCUT2D eigenvalue weighted by Crippen LogP contribution is -2.30. The molecule has 1 amide bonds. The summed E-state index contributed by atoms with van der Waals surface area (Å²) < 4.78 is 10.3. The molecule has 0 N–H and O–H groups in total. The second kappa shape index (κ2) is 4.57. The summed E-state index contributed by atoms with van der Waals surface area (Å²) in [6.07, 6.45) is 3.46. The van der Waals surface area contributed by atoms with Crippen LogP contribution in [0.2, 0.25) is 0 Å². The van der Waals surface area contributed by atoms with Crippen LogP contribution < -0.4 is 0 Å². The lowest BCUT2D eigenvalue weighted by Gasteiger charge is -2.22. The fourth-order valence-corrected chi connectivity index (χ4v) is 2.62. The Morgan fingerprint density at radius 3 is 2.95 bits per heavy atom. The van der Waals surface area contributed by atoms with Crippen molar-refractivity contribution in [1.29, 1.82) is 0 Å². The van der Waals surface area contributed by atoms with Gasteiger partial charge in [0.25, 0.3) is 5.91 Å². The van der Waals surface area contributed by atoms with Crippen LogP contribution in [0.3, 0.4) is 0 Å². The second-order valence-electron chi connectivity index (χ2n) is 4.91. The molecule has 0 saturated carbocycles. The van der Waals surface area contributed by atoms with E-state index in [0.717, 1.165) is 30.8 Å². The highest BCUT2D eigenvalue weighted by Gasteiger charge is 2.33. The highest BCUT2D eigenvalue weighted by molar-refractivity contribution is 5.95. The third-order valence-corrected chi connectivity index (χ3v) is 3.59. The zero-order valence-electron chi connectivity index (χ0n) is 11.0. The summed E-state index contributed by atoms with van der Waals surface area (Å²) in [5, 5.41) is 4.04. The smallest absolute Gasteiger partial charge is 0.257 e. The number of carbonyl (C=O) groups is 1. The minimum Gasteiger partial charge on any atom is -0.469 e. The summed E-state index contributed by atoms with van der Waals surface area (Å²) in [7, 11) is 0. The van der Waals surface area contributed by atoms with Crippen LogP contribution in [0.1, 0.15) is 46.5 Å². The molecule has 1 aliphatic rings. The maximum Gasteiger partial charge on any atom is 0.257 e. The van der Waals surface area contributed by atoms with Gasteiger partial charge in [-0.05, 0) is 32.8 Å². The number of nitrogens with zero attached hydrogens (tertiary/aromatic N) is 2. The average molecular weight is 260 g/mol. The van der Waals surface area contributed by atoms with Gasteiger partial charge in [0, 0.05) is 12.6 Å². The molecule has 0 aromatic carbocycles. The van der Waals surface area contributed by atoms with E-state index < -0.39 is 0 Å².